The highest BCUT2D eigenvalue weighted by Crippen LogP contribution is 2.40. The van der Waals surface area contributed by atoms with Crippen molar-refractivity contribution in [1.29, 1.82) is 0 Å². The maximum absolute atomic E-state index is 13.0. The Morgan fingerprint density at radius 3 is 2.78 bits per heavy atom. The molecule has 1 aliphatic carbocycles. The van der Waals surface area contributed by atoms with Gasteiger partial charge in [0.2, 0.25) is 5.91 Å². The van der Waals surface area contributed by atoms with E-state index in [-0.39, 0.29) is 17.4 Å². The van der Waals surface area contributed by atoms with E-state index in [0.29, 0.717) is 17.9 Å². The number of likely N-dealkylation sites (tertiary alicyclic amines) is 2. The molecule has 0 aromatic carbocycles. The number of carbonyl (C=O) groups excluding carboxylic acids is 2. The summed E-state index contributed by atoms with van der Waals surface area (Å²) >= 11 is 0. The summed E-state index contributed by atoms with van der Waals surface area (Å²) in [5.74, 6) is 0.974. The smallest absolute Gasteiger partial charge is 0.254 e. The Morgan fingerprint density at radius 1 is 1.26 bits per heavy atom. The standard InChI is InChI=1S/C18H23N3O2/c22-16-11-18(13-20(16)12-14-3-4-14)7-1-2-10-21(18)17(23)15-5-8-19-9-6-15/h5-6,8-9,14H,1-4,7,10-13H2/t18-/m0/s1. The number of hydrogen-bond acceptors (Lipinski definition) is 3. The van der Waals surface area contributed by atoms with Gasteiger partial charge in [0, 0.05) is 37.6 Å². The molecule has 1 spiro atoms. The van der Waals surface area contributed by atoms with Crippen LogP contribution in [0.15, 0.2) is 24.5 Å². The highest BCUT2D eigenvalue weighted by Gasteiger charge is 2.50. The summed E-state index contributed by atoms with van der Waals surface area (Å²) in [5.41, 5.74) is 0.388. The molecule has 1 aromatic rings. The quantitative estimate of drug-likeness (QED) is 0.858. The van der Waals surface area contributed by atoms with Gasteiger partial charge in [0.05, 0.1) is 12.0 Å². The van der Waals surface area contributed by atoms with Crippen molar-refractivity contribution >= 4 is 11.8 Å². The van der Waals surface area contributed by atoms with E-state index in [1.54, 1.807) is 24.5 Å². The van der Waals surface area contributed by atoms with Crippen molar-refractivity contribution in [3.05, 3.63) is 30.1 Å². The van der Waals surface area contributed by atoms with E-state index in [0.717, 1.165) is 38.9 Å². The van der Waals surface area contributed by atoms with Crippen molar-refractivity contribution < 1.29 is 9.59 Å². The van der Waals surface area contributed by atoms with Crippen LogP contribution in [0.25, 0.3) is 0 Å². The van der Waals surface area contributed by atoms with Gasteiger partial charge in [0.15, 0.2) is 0 Å². The fourth-order valence-corrected chi connectivity index (χ4v) is 4.08. The second kappa shape index (κ2) is 5.62. The lowest BCUT2D eigenvalue weighted by molar-refractivity contribution is -0.128. The molecule has 3 fully saturated rings. The number of rotatable bonds is 3. The van der Waals surface area contributed by atoms with Gasteiger partial charge in [0.1, 0.15) is 0 Å². The van der Waals surface area contributed by atoms with Gasteiger partial charge in [-0.25, -0.2) is 0 Å². The molecule has 5 heteroatoms. The average molecular weight is 313 g/mol. The summed E-state index contributed by atoms with van der Waals surface area (Å²) in [4.78, 5) is 33.5. The van der Waals surface area contributed by atoms with Crippen molar-refractivity contribution in [1.82, 2.24) is 14.8 Å². The van der Waals surface area contributed by atoms with Gasteiger partial charge in [-0.2, -0.15) is 0 Å². The molecule has 1 aromatic heterocycles. The van der Waals surface area contributed by atoms with Gasteiger partial charge in [-0.15, -0.1) is 0 Å². The van der Waals surface area contributed by atoms with Crippen LogP contribution in [-0.2, 0) is 4.79 Å². The van der Waals surface area contributed by atoms with Crippen LogP contribution in [0.2, 0.25) is 0 Å². The minimum absolute atomic E-state index is 0.0492. The molecule has 5 nitrogen and oxygen atoms in total. The minimum atomic E-state index is -0.287. The summed E-state index contributed by atoms with van der Waals surface area (Å²) in [7, 11) is 0. The fourth-order valence-electron chi connectivity index (χ4n) is 4.08. The van der Waals surface area contributed by atoms with E-state index in [1.807, 2.05) is 9.80 Å². The lowest BCUT2D eigenvalue weighted by Crippen LogP contribution is -2.56. The Kier molecular flexibility index (Phi) is 3.58. The summed E-state index contributed by atoms with van der Waals surface area (Å²) in [6, 6.07) is 3.53. The highest BCUT2D eigenvalue weighted by atomic mass is 16.2. The summed E-state index contributed by atoms with van der Waals surface area (Å²) in [6.07, 6.45) is 9.37. The zero-order chi connectivity index (χ0) is 15.9. The Bertz CT molecular complexity index is 614. The first-order valence-electron chi connectivity index (χ1n) is 8.68. The second-order valence-corrected chi connectivity index (χ2v) is 7.27. The number of amides is 2. The van der Waals surface area contributed by atoms with Crippen LogP contribution in [0.4, 0.5) is 0 Å². The second-order valence-electron chi connectivity index (χ2n) is 7.27. The maximum Gasteiger partial charge on any atom is 0.254 e. The van der Waals surface area contributed by atoms with Gasteiger partial charge in [0.25, 0.3) is 5.91 Å². The molecule has 2 aliphatic heterocycles. The van der Waals surface area contributed by atoms with Crippen molar-refractivity contribution in [2.45, 2.75) is 44.1 Å². The Hall–Kier alpha value is -1.91. The third-order valence-electron chi connectivity index (χ3n) is 5.51. The number of nitrogens with zero attached hydrogens (tertiary/aromatic N) is 3. The predicted octanol–water partition coefficient (Wildman–Crippen LogP) is 2.09. The average Bonchev–Trinajstić information content (AvgIpc) is 3.33. The van der Waals surface area contributed by atoms with Gasteiger partial charge in [-0.3, -0.25) is 14.6 Å². The van der Waals surface area contributed by atoms with E-state index < -0.39 is 0 Å². The van der Waals surface area contributed by atoms with E-state index in [9.17, 15) is 9.59 Å². The third-order valence-corrected chi connectivity index (χ3v) is 5.51. The lowest BCUT2D eigenvalue weighted by Gasteiger charge is -2.44. The molecule has 2 amide bonds. The van der Waals surface area contributed by atoms with E-state index >= 15 is 0 Å². The Labute approximate surface area is 136 Å². The molecule has 0 radical (unpaired) electrons. The monoisotopic (exact) mass is 313 g/mol. The number of pyridine rings is 1. The van der Waals surface area contributed by atoms with Gasteiger partial charge in [-0.05, 0) is 50.2 Å². The predicted molar refractivity (Wildman–Crippen MR) is 85.8 cm³/mol. The molecule has 0 unspecified atom stereocenters. The zero-order valence-electron chi connectivity index (χ0n) is 13.4. The van der Waals surface area contributed by atoms with E-state index in [2.05, 4.69) is 4.98 Å². The van der Waals surface area contributed by atoms with Crippen LogP contribution in [0, 0.1) is 5.92 Å². The topological polar surface area (TPSA) is 53.5 Å². The molecule has 23 heavy (non-hydrogen) atoms. The van der Waals surface area contributed by atoms with Crippen LogP contribution in [0.3, 0.4) is 0 Å². The molecular weight excluding hydrogens is 290 g/mol. The van der Waals surface area contributed by atoms with Crippen molar-refractivity contribution in [2.75, 3.05) is 19.6 Å². The van der Waals surface area contributed by atoms with Crippen LogP contribution >= 0.6 is 0 Å². The number of piperidine rings is 1. The van der Waals surface area contributed by atoms with Crippen molar-refractivity contribution in [2.24, 2.45) is 5.92 Å². The number of hydrogen-bond donors (Lipinski definition) is 0. The fraction of sp³-hybridized carbons (Fsp3) is 0.611. The summed E-state index contributed by atoms with van der Waals surface area (Å²) in [5, 5.41) is 0. The summed E-state index contributed by atoms with van der Waals surface area (Å²) in [6.45, 7) is 2.36. The van der Waals surface area contributed by atoms with Gasteiger partial charge >= 0.3 is 0 Å². The number of aromatic nitrogens is 1. The summed E-state index contributed by atoms with van der Waals surface area (Å²) < 4.78 is 0. The molecule has 2 saturated heterocycles. The van der Waals surface area contributed by atoms with Crippen LogP contribution in [0.1, 0.15) is 48.9 Å². The van der Waals surface area contributed by atoms with E-state index in [1.165, 1.54) is 12.8 Å². The first-order valence-corrected chi connectivity index (χ1v) is 8.68. The molecule has 1 atom stereocenters. The molecule has 4 rings (SSSR count). The van der Waals surface area contributed by atoms with Gasteiger partial charge < -0.3 is 9.80 Å². The molecule has 0 bridgehead atoms. The van der Waals surface area contributed by atoms with E-state index in [4.69, 9.17) is 0 Å². The minimum Gasteiger partial charge on any atom is -0.340 e. The zero-order valence-corrected chi connectivity index (χ0v) is 13.4. The van der Waals surface area contributed by atoms with Crippen LogP contribution in [0.5, 0.6) is 0 Å². The normalized spacial score (nSPS) is 27.7. The molecule has 0 N–H and O–H groups in total. The first kappa shape index (κ1) is 14.7. The van der Waals surface area contributed by atoms with Crippen LogP contribution < -0.4 is 0 Å². The lowest BCUT2D eigenvalue weighted by atomic mass is 9.85. The molecule has 1 saturated carbocycles. The molecule has 3 aliphatic rings. The molecule has 122 valence electrons. The SMILES string of the molecule is O=C1C[C@@]2(CCCCN2C(=O)c2ccncc2)CN1CC1CC1. The Morgan fingerprint density at radius 2 is 2.04 bits per heavy atom. The number of carbonyl (C=O) groups is 2. The van der Waals surface area contributed by atoms with Gasteiger partial charge in [-0.1, -0.05) is 0 Å². The van der Waals surface area contributed by atoms with Crippen molar-refractivity contribution in [3.63, 3.8) is 0 Å². The third kappa shape index (κ3) is 2.73. The first-order chi connectivity index (χ1) is 11.2. The molecule has 3 heterocycles. The maximum atomic E-state index is 13.0. The molecular formula is C18H23N3O2. The highest BCUT2D eigenvalue weighted by molar-refractivity contribution is 5.95. The largest absolute Gasteiger partial charge is 0.340 e. The van der Waals surface area contributed by atoms with Crippen molar-refractivity contribution in [3.8, 4) is 0 Å². The van der Waals surface area contributed by atoms with Crippen LogP contribution in [-0.4, -0.2) is 51.8 Å². The Balaban J connectivity index is 1.58.